The highest BCUT2D eigenvalue weighted by Gasteiger charge is 2.26. The number of carbonyl (C=O) groups excluding carboxylic acids is 1. The van der Waals surface area contributed by atoms with Crippen LogP contribution >= 0.6 is 0 Å². The summed E-state index contributed by atoms with van der Waals surface area (Å²) in [5.74, 6) is 2.15. The number of Topliss-reactive ketones (excluding diaryl/α,β-unsaturated/α-hetero) is 1. The van der Waals surface area contributed by atoms with E-state index < -0.39 is 0 Å². The summed E-state index contributed by atoms with van der Waals surface area (Å²) in [5, 5.41) is 4.74. The highest BCUT2D eigenvalue weighted by atomic mass is 16.5. The average Bonchev–Trinajstić information content (AvgIpc) is 3.37. The van der Waals surface area contributed by atoms with Gasteiger partial charge in [-0.1, -0.05) is 17.2 Å². The second-order valence-electron chi connectivity index (χ2n) is 9.60. The van der Waals surface area contributed by atoms with Gasteiger partial charge in [-0.15, -0.1) is 4.68 Å². The summed E-state index contributed by atoms with van der Waals surface area (Å²) >= 11 is 0. The van der Waals surface area contributed by atoms with E-state index in [4.69, 9.17) is 19.3 Å². The van der Waals surface area contributed by atoms with E-state index in [1.807, 2.05) is 116 Å². The highest BCUT2D eigenvalue weighted by molar-refractivity contribution is 5.95. The van der Waals surface area contributed by atoms with Crippen LogP contribution in [0.2, 0.25) is 0 Å². The Bertz CT molecular complexity index is 1460. The van der Waals surface area contributed by atoms with Crippen molar-refractivity contribution in [2.45, 2.75) is 6.54 Å². The Morgan fingerprint density at radius 1 is 0.850 bits per heavy atom. The summed E-state index contributed by atoms with van der Waals surface area (Å²) in [6.45, 7) is 0.118. The van der Waals surface area contributed by atoms with Crippen LogP contribution in [0.25, 0.3) is 11.4 Å². The number of aromatic nitrogens is 2. The van der Waals surface area contributed by atoms with Crippen LogP contribution in [-0.4, -0.2) is 66.2 Å². The molecular formula is C31H36N5O4+. The summed E-state index contributed by atoms with van der Waals surface area (Å²) in [4.78, 5) is 17.4. The maximum atomic E-state index is 13.3. The molecule has 0 atom stereocenters. The number of ether oxygens (including phenoxy) is 3. The molecule has 0 unspecified atom stereocenters. The van der Waals surface area contributed by atoms with Crippen LogP contribution in [0, 0.1) is 0 Å². The molecule has 0 fully saturated rings. The Labute approximate surface area is 235 Å². The second-order valence-corrected chi connectivity index (χ2v) is 9.60. The van der Waals surface area contributed by atoms with E-state index in [0.29, 0.717) is 28.6 Å². The SMILES string of the molecule is COc1cc(-c2n(/N=C/c3ccc(N(C)C)cc3)cc[n+]2CC(=O)c2ccc(N(C)C)cc2)cc(OC)c1OC. The van der Waals surface area contributed by atoms with Crippen LogP contribution in [0.1, 0.15) is 15.9 Å². The molecule has 0 aliphatic rings. The van der Waals surface area contributed by atoms with Crippen molar-refractivity contribution in [1.29, 1.82) is 0 Å². The third-order valence-electron chi connectivity index (χ3n) is 6.56. The zero-order valence-electron chi connectivity index (χ0n) is 24.1. The largest absolute Gasteiger partial charge is 0.493 e. The maximum absolute atomic E-state index is 13.3. The van der Waals surface area contributed by atoms with E-state index in [1.165, 1.54) is 0 Å². The number of benzene rings is 3. The molecule has 0 bridgehead atoms. The molecule has 4 aromatic rings. The van der Waals surface area contributed by atoms with Crippen LogP contribution in [0.4, 0.5) is 11.4 Å². The van der Waals surface area contributed by atoms with Gasteiger partial charge in [-0.2, -0.15) is 0 Å². The lowest BCUT2D eigenvalue weighted by molar-refractivity contribution is -0.671. The molecule has 208 valence electrons. The Hall–Kier alpha value is -4.79. The zero-order valence-corrected chi connectivity index (χ0v) is 24.1. The maximum Gasteiger partial charge on any atom is 0.315 e. The molecule has 0 aliphatic heterocycles. The molecule has 1 heterocycles. The lowest BCUT2D eigenvalue weighted by Gasteiger charge is -2.13. The first-order valence-corrected chi connectivity index (χ1v) is 12.8. The van der Waals surface area contributed by atoms with Gasteiger partial charge in [0.25, 0.3) is 0 Å². The highest BCUT2D eigenvalue weighted by Crippen LogP contribution is 2.40. The van der Waals surface area contributed by atoms with Gasteiger partial charge in [-0.3, -0.25) is 4.79 Å². The number of ketones is 1. The Balaban J connectivity index is 1.76. The van der Waals surface area contributed by atoms with E-state index >= 15 is 0 Å². The molecule has 1 aromatic heterocycles. The molecule has 0 spiro atoms. The van der Waals surface area contributed by atoms with E-state index in [1.54, 1.807) is 32.2 Å². The quantitative estimate of drug-likeness (QED) is 0.159. The van der Waals surface area contributed by atoms with Crippen molar-refractivity contribution in [2.75, 3.05) is 59.3 Å². The number of imidazole rings is 1. The number of methoxy groups -OCH3 is 3. The first-order valence-electron chi connectivity index (χ1n) is 12.8. The van der Waals surface area contributed by atoms with E-state index in [9.17, 15) is 4.79 Å². The molecule has 0 radical (unpaired) electrons. The van der Waals surface area contributed by atoms with Gasteiger partial charge in [0.1, 0.15) is 6.20 Å². The predicted molar refractivity (Wildman–Crippen MR) is 159 cm³/mol. The Kier molecular flexibility index (Phi) is 8.73. The van der Waals surface area contributed by atoms with Gasteiger partial charge in [-0.25, -0.2) is 4.57 Å². The normalized spacial score (nSPS) is 11.0. The minimum absolute atomic E-state index is 0.0231. The number of anilines is 2. The van der Waals surface area contributed by atoms with Crippen molar-refractivity contribution < 1.29 is 23.6 Å². The Morgan fingerprint density at radius 2 is 1.40 bits per heavy atom. The molecule has 0 N–H and O–H groups in total. The van der Waals surface area contributed by atoms with Gasteiger partial charge in [0.2, 0.25) is 11.5 Å². The summed E-state index contributed by atoms with van der Waals surface area (Å²) in [6, 6.07) is 19.4. The van der Waals surface area contributed by atoms with Gasteiger partial charge in [0.05, 0.1) is 33.1 Å². The standard InChI is InChI=1S/C31H36N5O4/c1-33(2)25-12-8-22(9-13-25)20-32-36-17-16-35(21-27(37)23-10-14-26(15-11-23)34(3)4)31(36)24-18-28(38-5)30(40-7)29(19-24)39-6/h8-20H,21H2,1-7H3/q+1/b32-20+. The first-order chi connectivity index (χ1) is 19.2. The zero-order chi connectivity index (χ0) is 28.8. The fourth-order valence-electron chi connectivity index (χ4n) is 4.32. The average molecular weight is 543 g/mol. The van der Waals surface area contributed by atoms with Gasteiger partial charge < -0.3 is 24.0 Å². The molecule has 0 aliphatic carbocycles. The third-order valence-corrected chi connectivity index (χ3v) is 6.56. The minimum Gasteiger partial charge on any atom is -0.493 e. The molecule has 9 nitrogen and oxygen atoms in total. The second kappa shape index (κ2) is 12.4. The summed E-state index contributed by atoms with van der Waals surface area (Å²) < 4.78 is 20.3. The molecule has 3 aromatic carbocycles. The fourth-order valence-corrected chi connectivity index (χ4v) is 4.32. The van der Waals surface area contributed by atoms with E-state index in [0.717, 1.165) is 22.5 Å². The van der Waals surface area contributed by atoms with Gasteiger partial charge in [0.15, 0.2) is 24.2 Å². The monoisotopic (exact) mass is 542 g/mol. The summed E-state index contributed by atoms with van der Waals surface area (Å²) in [6.07, 6.45) is 5.45. The summed E-state index contributed by atoms with van der Waals surface area (Å²) in [5.41, 5.74) is 4.45. The predicted octanol–water partition coefficient (Wildman–Crippen LogP) is 4.37. The van der Waals surface area contributed by atoms with E-state index in [2.05, 4.69) is 0 Å². The van der Waals surface area contributed by atoms with Gasteiger partial charge >= 0.3 is 5.82 Å². The molecule has 0 amide bonds. The molecule has 9 heteroatoms. The minimum atomic E-state index is -0.0231. The van der Waals surface area contributed by atoms with Crippen molar-refractivity contribution in [3.8, 4) is 28.6 Å². The van der Waals surface area contributed by atoms with Crippen LogP contribution in [-0.2, 0) is 6.54 Å². The van der Waals surface area contributed by atoms with Crippen LogP contribution in [0.3, 0.4) is 0 Å². The van der Waals surface area contributed by atoms with Crippen LogP contribution < -0.4 is 28.6 Å². The lowest BCUT2D eigenvalue weighted by Crippen LogP contribution is -2.38. The van der Waals surface area contributed by atoms with Crippen molar-refractivity contribution in [3.05, 3.63) is 84.2 Å². The number of nitrogens with zero attached hydrogens (tertiary/aromatic N) is 5. The topological polar surface area (TPSA) is 72.4 Å². The van der Waals surface area contributed by atoms with E-state index in [-0.39, 0.29) is 12.3 Å². The number of rotatable bonds is 11. The molecule has 4 rings (SSSR count). The molecule has 0 saturated heterocycles. The van der Waals surface area contributed by atoms with Crippen LogP contribution in [0.5, 0.6) is 17.2 Å². The number of hydrogen-bond acceptors (Lipinski definition) is 7. The molecule has 0 saturated carbocycles. The summed E-state index contributed by atoms with van der Waals surface area (Å²) in [7, 11) is 12.7. The van der Waals surface area contributed by atoms with Crippen molar-refractivity contribution >= 4 is 23.4 Å². The Morgan fingerprint density at radius 3 is 1.90 bits per heavy atom. The van der Waals surface area contributed by atoms with Crippen LogP contribution in [0.15, 0.2) is 78.2 Å². The van der Waals surface area contributed by atoms with Crippen molar-refractivity contribution in [3.63, 3.8) is 0 Å². The third kappa shape index (κ3) is 6.09. The lowest BCUT2D eigenvalue weighted by atomic mass is 10.1. The number of hydrogen-bond donors (Lipinski definition) is 0. The van der Waals surface area contributed by atoms with Crippen molar-refractivity contribution in [1.82, 2.24) is 4.68 Å². The molecular weight excluding hydrogens is 506 g/mol. The van der Waals surface area contributed by atoms with Gasteiger partial charge in [-0.05, 0) is 54.1 Å². The number of carbonyl (C=O) groups is 1. The van der Waals surface area contributed by atoms with Crippen molar-refractivity contribution in [2.24, 2.45) is 5.10 Å². The fraction of sp³-hybridized carbons (Fsp3) is 0.258. The smallest absolute Gasteiger partial charge is 0.315 e. The van der Waals surface area contributed by atoms with Gasteiger partial charge in [0, 0.05) is 45.1 Å². The molecule has 40 heavy (non-hydrogen) atoms. The first kappa shape index (κ1) is 28.2.